The Balaban J connectivity index is 1.81. The van der Waals surface area contributed by atoms with E-state index in [1.165, 1.54) is 18.2 Å². The first kappa shape index (κ1) is 26.9. The average molecular weight is 587 g/mol. The molecule has 1 atom stereocenters. The van der Waals surface area contributed by atoms with E-state index < -0.39 is 42.3 Å². The fourth-order valence-corrected chi connectivity index (χ4v) is 4.65. The highest BCUT2D eigenvalue weighted by molar-refractivity contribution is 6.55. The SMILES string of the molecule is CC(C)C(C(=O)OCC(=O)Nc1cc(Cl)ccc1Cl)N1C(=O)c2c(Cl)c(Cl)c(Cl)c(Cl)c2C1=O. The van der Waals surface area contributed by atoms with Crippen molar-refractivity contribution in [2.45, 2.75) is 19.9 Å². The minimum absolute atomic E-state index is 0.199. The molecular formula is C21H14Cl6N2O5. The van der Waals surface area contributed by atoms with Gasteiger partial charge in [0.1, 0.15) is 6.04 Å². The summed E-state index contributed by atoms with van der Waals surface area (Å²) < 4.78 is 5.09. The number of anilines is 1. The number of benzene rings is 2. The molecule has 34 heavy (non-hydrogen) atoms. The van der Waals surface area contributed by atoms with E-state index in [1.54, 1.807) is 13.8 Å². The van der Waals surface area contributed by atoms with Gasteiger partial charge in [0.2, 0.25) is 0 Å². The second kappa shape index (κ2) is 10.5. The normalized spacial score (nSPS) is 13.9. The third-order valence-corrected chi connectivity index (χ3v) is 7.20. The first-order valence-electron chi connectivity index (χ1n) is 9.52. The van der Waals surface area contributed by atoms with Gasteiger partial charge in [0.15, 0.2) is 6.61 Å². The molecule has 1 N–H and O–H groups in total. The fourth-order valence-electron chi connectivity index (χ4n) is 3.30. The number of nitrogens with one attached hydrogen (secondary N) is 1. The summed E-state index contributed by atoms with van der Waals surface area (Å²) in [7, 11) is 0. The van der Waals surface area contributed by atoms with Gasteiger partial charge in [-0.15, -0.1) is 0 Å². The van der Waals surface area contributed by atoms with E-state index in [2.05, 4.69) is 5.32 Å². The molecule has 0 saturated carbocycles. The monoisotopic (exact) mass is 584 g/mol. The lowest BCUT2D eigenvalue weighted by Gasteiger charge is -2.27. The van der Waals surface area contributed by atoms with E-state index in [0.29, 0.717) is 9.92 Å². The summed E-state index contributed by atoms with van der Waals surface area (Å²) in [6, 6.07) is 3.05. The molecule has 3 amide bonds. The first-order chi connectivity index (χ1) is 15.9. The number of hydrogen-bond acceptors (Lipinski definition) is 5. The molecule has 0 aromatic heterocycles. The summed E-state index contributed by atoms with van der Waals surface area (Å²) in [6.07, 6.45) is 0. The molecule has 0 bridgehead atoms. The number of imide groups is 1. The van der Waals surface area contributed by atoms with Crippen molar-refractivity contribution in [3.05, 3.63) is 59.5 Å². The van der Waals surface area contributed by atoms with Crippen LogP contribution in [-0.4, -0.2) is 41.2 Å². The van der Waals surface area contributed by atoms with Gasteiger partial charge in [-0.05, 0) is 24.1 Å². The maximum Gasteiger partial charge on any atom is 0.330 e. The van der Waals surface area contributed by atoms with Crippen LogP contribution in [0.15, 0.2) is 18.2 Å². The molecule has 180 valence electrons. The van der Waals surface area contributed by atoms with Crippen LogP contribution in [-0.2, 0) is 14.3 Å². The molecule has 1 heterocycles. The Morgan fingerprint density at radius 2 is 1.44 bits per heavy atom. The number of rotatable bonds is 6. The van der Waals surface area contributed by atoms with Crippen molar-refractivity contribution in [2.24, 2.45) is 5.92 Å². The van der Waals surface area contributed by atoms with Gasteiger partial charge in [-0.25, -0.2) is 4.79 Å². The maximum absolute atomic E-state index is 13.1. The molecule has 0 fully saturated rings. The number of nitrogens with zero attached hydrogens (tertiary/aromatic N) is 1. The standard InChI is InChI=1S/C21H14Cl6N2O5/c1-7(2)18(21(33)34-6-11(30)28-10-5-8(22)3-4-9(10)23)29-19(31)12-13(20(29)32)15(25)17(27)16(26)14(12)24/h3-5,7,18H,6H2,1-2H3,(H,28,30). The van der Waals surface area contributed by atoms with E-state index in [0.717, 1.165) is 0 Å². The molecule has 7 nitrogen and oxygen atoms in total. The molecule has 1 aliphatic heterocycles. The third kappa shape index (κ3) is 4.96. The Morgan fingerprint density at radius 1 is 0.912 bits per heavy atom. The molecule has 13 heteroatoms. The molecule has 2 aromatic rings. The third-order valence-electron chi connectivity index (χ3n) is 4.83. The van der Waals surface area contributed by atoms with Crippen LogP contribution in [0.2, 0.25) is 30.1 Å². The molecule has 1 unspecified atom stereocenters. The summed E-state index contributed by atoms with van der Waals surface area (Å²) in [4.78, 5) is 52.0. The van der Waals surface area contributed by atoms with E-state index in [4.69, 9.17) is 74.3 Å². The van der Waals surface area contributed by atoms with Gasteiger partial charge < -0.3 is 10.1 Å². The van der Waals surface area contributed by atoms with Gasteiger partial charge in [0.05, 0.1) is 41.9 Å². The number of ether oxygens (including phenoxy) is 1. The van der Waals surface area contributed by atoms with Crippen LogP contribution in [0.5, 0.6) is 0 Å². The lowest BCUT2D eigenvalue weighted by molar-refractivity contribution is -0.152. The predicted octanol–water partition coefficient (Wildman–Crippen LogP) is 6.41. The Morgan fingerprint density at radius 3 is 1.94 bits per heavy atom. The zero-order valence-corrected chi connectivity index (χ0v) is 21.9. The summed E-state index contributed by atoms with van der Waals surface area (Å²) in [5.41, 5.74) is -0.315. The van der Waals surface area contributed by atoms with Crippen LogP contribution in [0.3, 0.4) is 0 Å². The van der Waals surface area contributed by atoms with E-state index in [9.17, 15) is 19.2 Å². The zero-order chi connectivity index (χ0) is 25.5. The van der Waals surface area contributed by atoms with Gasteiger partial charge in [0.25, 0.3) is 17.7 Å². The molecule has 0 radical (unpaired) electrons. The highest BCUT2D eigenvalue weighted by atomic mass is 35.5. The molecular weight excluding hydrogens is 573 g/mol. The van der Waals surface area contributed by atoms with Gasteiger partial charge in [-0.3, -0.25) is 19.3 Å². The van der Waals surface area contributed by atoms with Crippen molar-refractivity contribution in [3.63, 3.8) is 0 Å². The number of hydrogen-bond donors (Lipinski definition) is 1. The molecule has 0 spiro atoms. The number of esters is 1. The summed E-state index contributed by atoms with van der Waals surface area (Å²) >= 11 is 36.2. The molecule has 3 rings (SSSR count). The number of halogens is 6. The Hall–Kier alpha value is -1.74. The number of carbonyl (C=O) groups excluding carboxylic acids is 4. The fraction of sp³-hybridized carbons (Fsp3) is 0.238. The van der Waals surface area contributed by atoms with Crippen LogP contribution < -0.4 is 5.32 Å². The Bertz CT molecular complexity index is 1190. The van der Waals surface area contributed by atoms with Crippen molar-refractivity contribution in [1.29, 1.82) is 0 Å². The lowest BCUT2D eigenvalue weighted by atomic mass is 10.0. The van der Waals surface area contributed by atoms with Crippen LogP contribution in [0.1, 0.15) is 34.6 Å². The molecule has 0 aliphatic carbocycles. The quantitative estimate of drug-likeness (QED) is 0.183. The van der Waals surface area contributed by atoms with E-state index in [1.807, 2.05) is 0 Å². The Kier molecular flexibility index (Phi) is 8.28. The predicted molar refractivity (Wildman–Crippen MR) is 132 cm³/mol. The minimum Gasteiger partial charge on any atom is -0.454 e. The van der Waals surface area contributed by atoms with E-state index in [-0.39, 0.29) is 41.9 Å². The number of amides is 3. The average Bonchev–Trinajstić information content (AvgIpc) is 3.02. The topological polar surface area (TPSA) is 92.8 Å². The summed E-state index contributed by atoms with van der Waals surface area (Å²) in [5, 5.41) is 2.09. The van der Waals surface area contributed by atoms with Crippen molar-refractivity contribution in [3.8, 4) is 0 Å². The van der Waals surface area contributed by atoms with Crippen LogP contribution in [0, 0.1) is 5.92 Å². The van der Waals surface area contributed by atoms with E-state index >= 15 is 0 Å². The smallest absolute Gasteiger partial charge is 0.330 e. The molecule has 0 saturated heterocycles. The van der Waals surface area contributed by atoms with Crippen LogP contribution >= 0.6 is 69.6 Å². The van der Waals surface area contributed by atoms with Gasteiger partial charge >= 0.3 is 5.97 Å². The van der Waals surface area contributed by atoms with Crippen molar-refractivity contribution in [1.82, 2.24) is 4.90 Å². The first-order valence-corrected chi connectivity index (χ1v) is 11.8. The second-order valence-corrected chi connectivity index (χ2v) is 9.81. The zero-order valence-electron chi connectivity index (χ0n) is 17.4. The number of carbonyl (C=O) groups is 4. The van der Waals surface area contributed by atoms with Gasteiger partial charge in [-0.2, -0.15) is 0 Å². The highest BCUT2D eigenvalue weighted by Crippen LogP contribution is 2.45. The minimum atomic E-state index is -1.39. The van der Waals surface area contributed by atoms with Crippen molar-refractivity contribution in [2.75, 3.05) is 11.9 Å². The van der Waals surface area contributed by atoms with Gasteiger partial charge in [-0.1, -0.05) is 83.5 Å². The van der Waals surface area contributed by atoms with Crippen LogP contribution in [0.25, 0.3) is 0 Å². The summed E-state index contributed by atoms with van der Waals surface area (Å²) in [6.45, 7) is 2.46. The van der Waals surface area contributed by atoms with Crippen molar-refractivity contribution < 1.29 is 23.9 Å². The maximum atomic E-state index is 13.1. The lowest BCUT2D eigenvalue weighted by Crippen LogP contribution is -2.49. The summed E-state index contributed by atoms with van der Waals surface area (Å²) in [5.74, 6) is -4.09. The molecule has 2 aromatic carbocycles. The Labute approximate surface area is 224 Å². The van der Waals surface area contributed by atoms with Crippen LogP contribution in [0.4, 0.5) is 5.69 Å². The second-order valence-electron chi connectivity index (χ2n) is 7.46. The number of fused-ring (bicyclic) bond motifs is 1. The van der Waals surface area contributed by atoms with Crippen molar-refractivity contribution >= 4 is 99.0 Å². The van der Waals surface area contributed by atoms with Gasteiger partial charge in [0, 0.05) is 5.02 Å². The largest absolute Gasteiger partial charge is 0.454 e. The molecule has 1 aliphatic rings. The highest BCUT2D eigenvalue weighted by Gasteiger charge is 2.48.